The number of carboxylic acid groups (broad SMARTS) is 1. The Morgan fingerprint density at radius 3 is 2.43 bits per heavy atom. The normalized spacial score (nSPS) is 11.7. The van der Waals surface area contributed by atoms with Gasteiger partial charge in [0.05, 0.1) is 5.56 Å². The molecule has 0 aromatic heterocycles. The predicted molar refractivity (Wildman–Crippen MR) is 75.1 cm³/mol. The molecule has 1 amide bonds. The van der Waals surface area contributed by atoms with Crippen molar-refractivity contribution >= 4 is 17.6 Å². The number of nitrogen functional groups attached to an aromatic ring is 1. The van der Waals surface area contributed by atoms with E-state index < -0.39 is 23.7 Å². The molecule has 0 bridgehead atoms. The number of benzene rings is 2. The molecular formula is C15H13FN2O3. The summed E-state index contributed by atoms with van der Waals surface area (Å²) in [7, 11) is 0. The first-order chi connectivity index (χ1) is 9.99. The van der Waals surface area contributed by atoms with Crippen LogP contribution in [0.5, 0.6) is 0 Å². The summed E-state index contributed by atoms with van der Waals surface area (Å²) in [6.07, 6.45) is 0. The molecule has 0 radical (unpaired) electrons. The number of carbonyl (C=O) groups excluding carboxylic acids is 1. The van der Waals surface area contributed by atoms with Crippen LogP contribution in [0.1, 0.15) is 22.0 Å². The molecule has 108 valence electrons. The van der Waals surface area contributed by atoms with Crippen LogP contribution in [0, 0.1) is 5.82 Å². The van der Waals surface area contributed by atoms with E-state index >= 15 is 0 Å². The summed E-state index contributed by atoms with van der Waals surface area (Å²) in [6, 6.07) is 10.3. The third kappa shape index (κ3) is 3.36. The molecule has 0 unspecified atom stereocenters. The highest BCUT2D eigenvalue weighted by Crippen LogP contribution is 2.17. The maximum Gasteiger partial charge on any atom is 0.330 e. The van der Waals surface area contributed by atoms with Gasteiger partial charge in [0.15, 0.2) is 6.04 Å². The quantitative estimate of drug-likeness (QED) is 0.750. The molecule has 0 aliphatic rings. The lowest BCUT2D eigenvalue weighted by Crippen LogP contribution is -2.34. The van der Waals surface area contributed by atoms with E-state index in [4.69, 9.17) is 5.73 Å². The lowest BCUT2D eigenvalue weighted by atomic mass is 10.1. The van der Waals surface area contributed by atoms with Crippen molar-refractivity contribution in [3.63, 3.8) is 0 Å². The van der Waals surface area contributed by atoms with Crippen LogP contribution >= 0.6 is 0 Å². The zero-order valence-corrected chi connectivity index (χ0v) is 10.9. The number of amides is 1. The molecule has 4 N–H and O–H groups in total. The van der Waals surface area contributed by atoms with Crippen LogP contribution in [0.15, 0.2) is 48.5 Å². The highest BCUT2D eigenvalue weighted by Gasteiger charge is 2.23. The minimum atomic E-state index is -1.23. The van der Waals surface area contributed by atoms with Gasteiger partial charge < -0.3 is 16.2 Å². The van der Waals surface area contributed by atoms with Gasteiger partial charge in [-0.3, -0.25) is 4.79 Å². The van der Waals surface area contributed by atoms with Crippen LogP contribution in [0.3, 0.4) is 0 Å². The molecule has 2 rings (SSSR count). The molecule has 0 saturated carbocycles. The van der Waals surface area contributed by atoms with E-state index in [0.717, 1.165) is 12.1 Å². The monoisotopic (exact) mass is 288 g/mol. The molecule has 2 aromatic rings. The topological polar surface area (TPSA) is 92.4 Å². The van der Waals surface area contributed by atoms with Crippen molar-refractivity contribution in [2.45, 2.75) is 6.04 Å². The standard InChI is InChI=1S/C15H13FN2O3/c16-10-6-7-12(17)11(8-10)14(19)18-13(15(20)21)9-4-2-1-3-5-9/h1-8,13H,17H2,(H,18,19)(H,20,21)/t13-/m0/s1. The molecule has 0 aliphatic carbocycles. The minimum absolute atomic E-state index is 0.0751. The molecule has 0 saturated heterocycles. The summed E-state index contributed by atoms with van der Waals surface area (Å²) in [5.74, 6) is -2.59. The van der Waals surface area contributed by atoms with Gasteiger partial charge in [0.1, 0.15) is 5.82 Å². The first-order valence-corrected chi connectivity index (χ1v) is 6.12. The van der Waals surface area contributed by atoms with Crippen molar-refractivity contribution in [2.75, 3.05) is 5.73 Å². The van der Waals surface area contributed by atoms with Gasteiger partial charge >= 0.3 is 5.97 Å². The molecule has 0 heterocycles. The Hall–Kier alpha value is -2.89. The third-order valence-electron chi connectivity index (χ3n) is 2.92. The maximum absolute atomic E-state index is 13.2. The smallest absolute Gasteiger partial charge is 0.330 e. The molecule has 0 aliphatic heterocycles. The average Bonchev–Trinajstić information content (AvgIpc) is 2.47. The Morgan fingerprint density at radius 1 is 1.14 bits per heavy atom. The highest BCUT2D eigenvalue weighted by atomic mass is 19.1. The van der Waals surface area contributed by atoms with E-state index in [2.05, 4.69) is 5.32 Å². The van der Waals surface area contributed by atoms with Crippen molar-refractivity contribution in [1.82, 2.24) is 5.32 Å². The number of nitrogens with two attached hydrogens (primary N) is 1. The van der Waals surface area contributed by atoms with Crippen molar-refractivity contribution in [1.29, 1.82) is 0 Å². The van der Waals surface area contributed by atoms with Gasteiger partial charge in [0.25, 0.3) is 5.91 Å². The molecule has 0 spiro atoms. The summed E-state index contributed by atoms with van der Waals surface area (Å²) >= 11 is 0. The van der Waals surface area contributed by atoms with Gasteiger partial charge in [-0.1, -0.05) is 30.3 Å². The zero-order chi connectivity index (χ0) is 15.4. The molecule has 2 aromatic carbocycles. The van der Waals surface area contributed by atoms with Gasteiger partial charge in [-0.2, -0.15) is 0 Å². The Bertz CT molecular complexity index is 674. The fourth-order valence-corrected chi connectivity index (χ4v) is 1.87. The van der Waals surface area contributed by atoms with Gasteiger partial charge in [-0.25, -0.2) is 9.18 Å². The summed E-state index contributed by atoms with van der Waals surface area (Å²) in [5, 5.41) is 11.6. The molecule has 5 nitrogen and oxygen atoms in total. The third-order valence-corrected chi connectivity index (χ3v) is 2.92. The van der Waals surface area contributed by atoms with Crippen LogP contribution in [0.2, 0.25) is 0 Å². The molecular weight excluding hydrogens is 275 g/mol. The number of carbonyl (C=O) groups is 2. The second kappa shape index (κ2) is 6.04. The van der Waals surface area contributed by atoms with E-state index in [9.17, 15) is 19.1 Å². The van der Waals surface area contributed by atoms with E-state index in [1.54, 1.807) is 30.3 Å². The van der Waals surface area contributed by atoms with Crippen LogP contribution in [0.25, 0.3) is 0 Å². The van der Waals surface area contributed by atoms with Gasteiger partial charge in [0.2, 0.25) is 0 Å². The maximum atomic E-state index is 13.2. The average molecular weight is 288 g/mol. The number of rotatable bonds is 4. The molecule has 1 atom stereocenters. The van der Waals surface area contributed by atoms with E-state index in [0.29, 0.717) is 5.56 Å². The number of halogens is 1. The van der Waals surface area contributed by atoms with Crippen molar-refractivity contribution in [2.24, 2.45) is 0 Å². The number of hydrogen-bond acceptors (Lipinski definition) is 3. The zero-order valence-electron chi connectivity index (χ0n) is 10.9. The molecule has 21 heavy (non-hydrogen) atoms. The van der Waals surface area contributed by atoms with E-state index in [-0.39, 0.29) is 11.3 Å². The first-order valence-electron chi connectivity index (χ1n) is 6.12. The van der Waals surface area contributed by atoms with Crippen molar-refractivity contribution in [3.8, 4) is 0 Å². The lowest BCUT2D eigenvalue weighted by Gasteiger charge is -2.15. The lowest BCUT2D eigenvalue weighted by molar-refractivity contribution is -0.139. The summed E-state index contributed by atoms with van der Waals surface area (Å²) in [6.45, 7) is 0. The Labute approximate surface area is 120 Å². The second-order valence-electron chi connectivity index (χ2n) is 4.39. The van der Waals surface area contributed by atoms with Crippen LogP contribution in [-0.4, -0.2) is 17.0 Å². The number of carboxylic acids is 1. The van der Waals surface area contributed by atoms with Gasteiger partial charge in [-0.05, 0) is 23.8 Å². The fraction of sp³-hybridized carbons (Fsp3) is 0.0667. The first kappa shape index (κ1) is 14.5. The highest BCUT2D eigenvalue weighted by molar-refractivity contribution is 6.01. The summed E-state index contributed by atoms with van der Waals surface area (Å²) in [5.41, 5.74) is 5.99. The fourth-order valence-electron chi connectivity index (χ4n) is 1.87. The Morgan fingerprint density at radius 2 is 1.81 bits per heavy atom. The number of hydrogen-bond donors (Lipinski definition) is 3. The summed E-state index contributed by atoms with van der Waals surface area (Å²) < 4.78 is 13.2. The molecule has 6 heteroatoms. The predicted octanol–water partition coefficient (Wildman–Crippen LogP) is 1.96. The van der Waals surface area contributed by atoms with Crippen molar-refractivity contribution < 1.29 is 19.1 Å². The van der Waals surface area contributed by atoms with Crippen LogP contribution in [-0.2, 0) is 4.79 Å². The molecule has 0 fully saturated rings. The SMILES string of the molecule is Nc1ccc(F)cc1C(=O)N[C@H](C(=O)O)c1ccccc1. The van der Waals surface area contributed by atoms with Crippen LogP contribution < -0.4 is 11.1 Å². The largest absolute Gasteiger partial charge is 0.479 e. The van der Waals surface area contributed by atoms with E-state index in [1.165, 1.54) is 6.07 Å². The van der Waals surface area contributed by atoms with Crippen molar-refractivity contribution in [3.05, 3.63) is 65.5 Å². The number of anilines is 1. The Balaban J connectivity index is 2.27. The Kier molecular flexibility index (Phi) is 4.18. The van der Waals surface area contributed by atoms with E-state index in [1.807, 2.05) is 0 Å². The number of nitrogens with one attached hydrogen (secondary N) is 1. The second-order valence-corrected chi connectivity index (χ2v) is 4.39. The van der Waals surface area contributed by atoms with Gasteiger partial charge in [0, 0.05) is 5.69 Å². The van der Waals surface area contributed by atoms with Gasteiger partial charge in [-0.15, -0.1) is 0 Å². The minimum Gasteiger partial charge on any atom is -0.479 e. The summed E-state index contributed by atoms with van der Waals surface area (Å²) in [4.78, 5) is 23.4. The number of aliphatic carboxylic acids is 1. The van der Waals surface area contributed by atoms with Crippen LogP contribution in [0.4, 0.5) is 10.1 Å².